The van der Waals surface area contributed by atoms with Gasteiger partial charge in [0.2, 0.25) is 0 Å². The monoisotopic (exact) mass is 222 g/mol. The molecule has 1 N–H and O–H groups in total. The highest BCUT2D eigenvalue weighted by Gasteiger charge is 2.36. The molecule has 0 heterocycles. The van der Waals surface area contributed by atoms with Crippen molar-refractivity contribution >= 4 is 0 Å². The van der Waals surface area contributed by atoms with Crippen molar-refractivity contribution < 1.29 is 9.84 Å². The molecule has 1 aliphatic carbocycles. The van der Waals surface area contributed by atoms with Crippen molar-refractivity contribution in [1.82, 2.24) is 0 Å². The van der Waals surface area contributed by atoms with Crippen molar-refractivity contribution in [3.8, 4) is 0 Å². The van der Waals surface area contributed by atoms with Crippen LogP contribution in [0.2, 0.25) is 0 Å². The molecule has 0 amide bonds. The largest absolute Gasteiger partial charge is 0.497 e. The van der Waals surface area contributed by atoms with Crippen molar-refractivity contribution in [3.05, 3.63) is 36.1 Å². The van der Waals surface area contributed by atoms with E-state index >= 15 is 0 Å². The minimum atomic E-state index is 0.0619. The van der Waals surface area contributed by atoms with E-state index in [4.69, 9.17) is 4.74 Å². The predicted molar refractivity (Wildman–Crippen MR) is 67.0 cm³/mol. The number of hydrogen-bond donors (Lipinski definition) is 1. The Kier molecular flexibility index (Phi) is 4.36. The molecule has 0 aromatic carbocycles. The Balaban J connectivity index is 2.76. The molecule has 0 radical (unpaired) electrons. The first-order valence-electron chi connectivity index (χ1n) is 5.73. The molecule has 1 rings (SSSR count). The lowest BCUT2D eigenvalue weighted by Crippen LogP contribution is -2.24. The molecule has 1 aliphatic rings. The maximum absolute atomic E-state index is 9.41. The summed E-state index contributed by atoms with van der Waals surface area (Å²) in [5.74, 6) is 0.349. The molecule has 1 atom stereocenters. The summed E-state index contributed by atoms with van der Waals surface area (Å²) in [6.07, 6.45) is 6.64. The van der Waals surface area contributed by atoms with Crippen LogP contribution in [0.3, 0.4) is 0 Å². The van der Waals surface area contributed by atoms with Crippen LogP contribution in [0.25, 0.3) is 0 Å². The number of aliphatic hydroxyl groups excluding tert-OH is 1. The minimum absolute atomic E-state index is 0.0619. The van der Waals surface area contributed by atoms with E-state index in [-0.39, 0.29) is 12.0 Å². The number of rotatable bonds is 5. The van der Waals surface area contributed by atoms with E-state index in [0.717, 1.165) is 12.0 Å². The average Bonchev–Trinajstić information content (AvgIpc) is 2.50. The second-order valence-corrected chi connectivity index (χ2v) is 4.87. The average molecular weight is 222 g/mol. The zero-order valence-corrected chi connectivity index (χ0v) is 10.5. The van der Waals surface area contributed by atoms with Gasteiger partial charge in [0.1, 0.15) is 6.61 Å². The van der Waals surface area contributed by atoms with Gasteiger partial charge in [0.05, 0.1) is 12.9 Å². The van der Waals surface area contributed by atoms with Crippen LogP contribution in [-0.2, 0) is 4.74 Å². The van der Waals surface area contributed by atoms with Gasteiger partial charge in [-0.1, -0.05) is 38.2 Å². The molecular weight excluding hydrogens is 200 g/mol. The summed E-state index contributed by atoms with van der Waals surface area (Å²) >= 11 is 0. The van der Waals surface area contributed by atoms with Gasteiger partial charge in [0.25, 0.3) is 0 Å². The van der Waals surface area contributed by atoms with Gasteiger partial charge in [-0.3, -0.25) is 0 Å². The SMILES string of the molecule is C=CCOC=C(CO)C1CC=C(C)C1(C)C. The summed E-state index contributed by atoms with van der Waals surface area (Å²) in [4.78, 5) is 0. The second-order valence-electron chi connectivity index (χ2n) is 4.87. The van der Waals surface area contributed by atoms with Crippen molar-refractivity contribution in [2.45, 2.75) is 27.2 Å². The van der Waals surface area contributed by atoms with Crippen LogP contribution in [-0.4, -0.2) is 18.3 Å². The Morgan fingerprint density at radius 1 is 1.69 bits per heavy atom. The standard InChI is InChI=1S/C14H22O2/c1-5-8-16-10-12(9-15)13-7-6-11(2)14(13,3)4/h5-6,10,13,15H,1,7-9H2,2-4H3. The van der Waals surface area contributed by atoms with Gasteiger partial charge in [-0.05, 0) is 30.3 Å². The van der Waals surface area contributed by atoms with Crippen LogP contribution >= 0.6 is 0 Å². The van der Waals surface area contributed by atoms with E-state index in [1.54, 1.807) is 12.3 Å². The van der Waals surface area contributed by atoms with Gasteiger partial charge in [-0.15, -0.1) is 0 Å². The number of ether oxygens (including phenoxy) is 1. The zero-order valence-electron chi connectivity index (χ0n) is 10.5. The zero-order chi connectivity index (χ0) is 12.2. The molecule has 0 saturated carbocycles. The molecule has 0 aromatic rings. The van der Waals surface area contributed by atoms with E-state index in [1.807, 2.05) is 0 Å². The summed E-state index contributed by atoms with van der Waals surface area (Å²) in [6, 6.07) is 0. The summed E-state index contributed by atoms with van der Waals surface area (Å²) in [5.41, 5.74) is 2.48. The first kappa shape index (κ1) is 13.0. The van der Waals surface area contributed by atoms with Gasteiger partial charge in [0.15, 0.2) is 0 Å². The maximum Gasteiger partial charge on any atom is 0.105 e. The van der Waals surface area contributed by atoms with Crippen LogP contribution in [0.1, 0.15) is 27.2 Å². The predicted octanol–water partition coefficient (Wildman–Crippen LogP) is 3.06. The molecule has 0 saturated heterocycles. The van der Waals surface area contributed by atoms with Crippen LogP contribution in [0.5, 0.6) is 0 Å². The molecule has 0 spiro atoms. The molecule has 90 valence electrons. The summed E-state index contributed by atoms with van der Waals surface area (Å²) < 4.78 is 5.31. The number of aliphatic hydroxyl groups is 1. The molecule has 0 fully saturated rings. The molecule has 0 aliphatic heterocycles. The Morgan fingerprint density at radius 2 is 2.38 bits per heavy atom. The highest BCUT2D eigenvalue weighted by molar-refractivity contribution is 5.26. The Morgan fingerprint density at radius 3 is 2.81 bits per heavy atom. The fourth-order valence-electron chi connectivity index (χ4n) is 2.19. The van der Waals surface area contributed by atoms with E-state index < -0.39 is 0 Å². The van der Waals surface area contributed by atoms with E-state index in [9.17, 15) is 5.11 Å². The molecule has 2 nitrogen and oxygen atoms in total. The summed E-state index contributed by atoms with van der Waals surface area (Å²) in [5, 5.41) is 9.41. The Hall–Kier alpha value is -1.02. The summed E-state index contributed by atoms with van der Waals surface area (Å²) in [7, 11) is 0. The minimum Gasteiger partial charge on any atom is -0.497 e. The van der Waals surface area contributed by atoms with Crippen LogP contribution in [0.4, 0.5) is 0 Å². The number of allylic oxidation sites excluding steroid dienone is 2. The van der Waals surface area contributed by atoms with Crippen molar-refractivity contribution in [3.63, 3.8) is 0 Å². The Bertz CT molecular complexity index is 311. The lowest BCUT2D eigenvalue weighted by molar-refractivity contribution is 0.234. The molecule has 1 unspecified atom stereocenters. The van der Waals surface area contributed by atoms with Crippen molar-refractivity contribution in [1.29, 1.82) is 0 Å². The summed E-state index contributed by atoms with van der Waals surface area (Å²) in [6.45, 7) is 10.7. The first-order chi connectivity index (χ1) is 7.54. The van der Waals surface area contributed by atoms with Crippen molar-refractivity contribution in [2.24, 2.45) is 11.3 Å². The topological polar surface area (TPSA) is 29.5 Å². The number of hydrogen-bond acceptors (Lipinski definition) is 2. The Labute approximate surface area is 98.3 Å². The van der Waals surface area contributed by atoms with E-state index in [2.05, 4.69) is 33.4 Å². The van der Waals surface area contributed by atoms with Crippen LogP contribution < -0.4 is 0 Å². The van der Waals surface area contributed by atoms with E-state index in [1.165, 1.54) is 5.57 Å². The van der Waals surface area contributed by atoms with Crippen LogP contribution in [0, 0.1) is 11.3 Å². The maximum atomic E-state index is 9.41. The lowest BCUT2D eigenvalue weighted by Gasteiger charge is -2.30. The highest BCUT2D eigenvalue weighted by atomic mass is 16.5. The van der Waals surface area contributed by atoms with Gasteiger partial charge < -0.3 is 9.84 Å². The van der Waals surface area contributed by atoms with Gasteiger partial charge in [-0.25, -0.2) is 0 Å². The fourth-order valence-corrected chi connectivity index (χ4v) is 2.19. The smallest absolute Gasteiger partial charge is 0.105 e. The van der Waals surface area contributed by atoms with Gasteiger partial charge >= 0.3 is 0 Å². The van der Waals surface area contributed by atoms with Gasteiger partial charge in [0, 0.05) is 0 Å². The molecule has 0 aromatic heterocycles. The quantitative estimate of drug-likeness (QED) is 0.440. The van der Waals surface area contributed by atoms with Crippen LogP contribution in [0.15, 0.2) is 36.1 Å². The highest BCUT2D eigenvalue weighted by Crippen LogP contribution is 2.46. The third-order valence-corrected chi connectivity index (χ3v) is 3.63. The van der Waals surface area contributed by atoms with E-state index in [0.29, 0.717) is 12.5 Å². The van der Waals surface area contributed by atoms with Gasteiger partial charge in [-0.2, -0.15) is 0 Å². The molecule has 16 heavy (non-hydrogen) atoms. The third-order valence-electron chi connectivity index (χ3n) is 3.63. The molecule has 2 heteroatoms. The molecular formula is C14H22O2. The van der Waals surface area contributed by atoms with Crippen molar-refractivity contribution in [2.75, 3.05) is 13.2 Å². The molecule has 0 bridgehead atoms. The lowest BCUT2D eigenvalue weighted by atomic mass is 9.74. The first-order valence-corrected chi connectivity index (χ1v) is 5.73. The normalized spacial score (nSPS) is 24.1. The third kappa shape index (κ3) is 2.56. The second kappa shape index (κ2) is 5.35. The fraction of sp³-hybridized carbons (Fsp3) is 0.571.